The zero-order chi connectivity index (χ0) is 14.5. The summed E-state index contributed by atoms with van der Waals surface area (Å²) < 4.78 is 42.4. The van der Waals surface area contributed by atoms with Gasteiger partial charge in [0.2, 0.25) is 0 Å². The van der Waals surface area contributed by atoms with E-state index in [4.69, 9.17) is 11.7 Å². The number of hydrogen-bond donors (Lipinski definition) is 2. The number of nitrogens with one attached hydrogen (secondary N) is 1. The third-order valence-corrected chi connectivity index (χ3v) is 2.14. The molecule has 0 heterocycles. The van der Waals surface area contributed by atoms with Gasteiger partial charge in [-0.1, -0.05) is 6.07 Å². The molecule has 0 radical (unpaired) electrons. The molecular formula is C11H9F3N2O3. The second-order valence-corrected chi connectivity index (χ2v) is 3.39. The number of carbonyl (C=O) groups is 1. The van der Waals surface area contributed by atoms with E-state index < -0.39 is 30.3 Å². The fourth-order valence-electron chi connectivity index (χ4n) is 1.33. The zero-order valence-electron chi connectivity index (χ0n) is 9.44. The number of benzene rings is 1. The van der Waals surface area contributed by atoms with Crippen molar-refractivity contribution in [1.82, 2.24) is 0 Å². The summed E-state index contributed by atoms with van der Waals surface area (Å²) >= 11 is 0. The number of carbonyl (C=O) groups excluding carboxylic acids is 1. The summed E-state index contributed by atoms with van der Waals surface area (Å²) in [5, 5.41) is 11.2. The van der Waals surface area contributed by atoms with E-state index in [2.05, 4.69) is 14.9 Å². The van der Waals surface area contributed by atoms with Gasteiger partial charge in [-0.05, 0) is 12.1 Å². The summed E-state index contributed by atoms with van der Waals surface area (Å²) in [6.07, 6.45) is -5.82. The average molecular weight is 274 g/mol. The largest absolute Gasteiger partial charge is 0.441 e. The Balaban J connectivity index is 3.05. The molecule has 0 aromatic heterocycles. The Hall–Kier alpha value is -2.27. The highest BCUT2D eigenvalue weighted by Crippen LogP contribution is 2.38. The fraction of sp³-hybridized carbons (Fsp3) is 0.273. The number of rotatable bonds is 5. The number of ether oxygens (including phenoxy) is 1. The van der Waals surface area contributed by atoms with Crippen LogP contribution in [0.2, 0.25) is 0 Å². The van der Waals surface area contributed by atoms with Crippen LogP contribution in [0.4, 0.5) is 24.5 Å². The summed E-state index contributed by atoms with van der Waals surface area (Å²) in [7, 11) is 0. The molecule has 1 atom stereocenters. The first-order chi connectivity index (χ1) is 8.92. The van der Waals surface area contributed by atoms with Crippen LogP contribution in [0.1, 0.15) is 5.56 Å². The van der Waals surface area contributed by atoms with Crippen LogP contribution in [0.5, 0.6) is 0 Å². The molecule has 102 valence electrons. The van der Waals surface area contributed by atoms with E-state index in [1.54, 1.807) is 0 Å². The molecule has 0 spiro atoms. The van der Waals surface area contributed by atoms with Gasteiger partial charge in [0.1, 0.15) is 0 Å². The standard InChI is InChI=1S/C11H9F3N2O3/c1-15-9-3-2-7(4-8(9)11(12,13)14)16-10(5-17)19-6-18/h2-4,6,10,16-17H,5H2/t10-/m0/s1. The minimum absolute atomic E-state index is 0.0272. The molecule has 0 bridgehead atoms. The second-order valence-electron chi connectivity index (χ2n) is 3.39. The van der Waals surface area contributed by atoms with E-state index in [1.807, 2.05) is 0 Å². The first-order valence-corrected chi connectivity index (χ1v) is 4.97. The van der Waals surface area contributed by atoms with Crippen LogP contribution in [0, 0.1) is 6.57 Å². The van der Waals surface area contributed by atoms with Crippen molar-refractivity contribution in [2.45, 2.75) is 12.4 Å². The highest BCUT2D eigenvalue weighted by molar-refractivity contribution is 5.61. The highest BCUT2D eigenvalue weighted by Gasteiger charge is 2.33. The van der Waals surface area contributed by atoms with E-state index in [9.17, 15) is 18.0 Å². The van der Waals surface area contributed by atoms with Gasteiger partial charge in [0.15, 0.2) is 11.9 Å². The molecule has 8 heteroatoms. The summed E-state index contributed by atoms with van der Waals surface area (Å²) in [5.41, 5.74) is -1.66. The molecule has 0 aliphatic carbocycles. The molecule has 1 rings (SSSR count). The Morgan fingerprint density at radius 1 is 1.53 bits per heavy atom. The molecule has 0 amide bonds. The predicted molar refractivity (Wildman–Crippen MR) is 59.4 cm³/mol. The van der Waals surface area contributed by atoms with Crippen molar-refractivity contribution in [2.24, 2.45) is 0 Å². The van der Waals surface area contributed by atoms with E-state index in [0.717, 1.165) is 6.07 Å². The van der Waals surface area contributed by atoms with Crippen LogP contribution < -0.4 is 5.32 Å². The Labute approximate surface area is 106 Å². The van der Waals surface area contributed by atoms with Gasteiger partial charge in [0, 0.05) is 5.69 Å². The van der Waals surface area contributed by atoms with Gasteiger partial charge in [-0.2, -0.15) is 13.2 Å². The Morgan fingerprint density at radius 2 is 2.21 bits per heavy atom. The van der Waals surface area contributed by atoms with Gasteiger partial charge < -0.3 is 15.2 Å². The minimum atomic E-state index is -4.67. The van der Waals surface area contributed by atoms with Crippen molar-refractivity contribution in [3.8, 4) is 0 Å². The van der Waals surface area contributed by atoms with Gasteiger partial charge in [-0.15, -0.1) is 0 Å². The quantitative estimate of drug-likeness (QED) is 0.490. The van der Waals surface area contributed by atoms with Crippen molar-refractivity contribution in [3.05, 3.63) is 35.2 Å². The Kier molecular flexibility index (Phi) is 4.72. The van der Waals surface area contributed by atoms with Crippen LogP contribution in [0.25, 0.3) is 4.85 Å². The summed E-state index contributed by atoms with van der Waals surface area (Å²) in [6, 6.07) is 2.93. The molecule has 0 unspecified atom stereocenters. The maximum Gasteiger partial charge on any atom is 0.407 e. The van der Waals surface area contributed by atoms with Crippen LogP contribution in [0.3, 0.4) is 0 Å². The van der Waals surface area contributed by atoms with Crippen LogP contribution >= 0.6 is 0 Å². The van der Waals surface area contributed by atoms with Crippen molar-refractivity contribution in [3.63, 3.8) is 0 Å². The van der Waals surface area contributed by atoms with E-state index >= 15 is 0 Å². The SMILES string of the molecule is [C-]#[N+]c1ccc(N[C@H](CO)OC=O)cc1C(F)(F)F. The van der Waals surface area contributed by atoms with Crippen LogP contribution in [-0.4, -0.2) is 24.4 Å². The molecule has 5 nitrogen and oxygen atoms in total. The van der Waals surface area contributed by atoms with Gasteiger partial charge in [0.05, 0.1) is 18.7 Å². The highest BCUT2D eigenvalue weighted by atomic mass is 19.4. The van der Waals surface area contributed by atoms with E-state index in [1.165, 1.54) is 6.07 Å². The second kappa shape index (κ2) is 6.06. The van der Waals surface area contributed by atoms with Gasteiger partial charge in [-0.3, -0.25) is 4.79 Å². The molecule has 0 aliphatic rings. The summed E-state index contributed by atoms with van der Waals surface area (Å²) in [6.45, 7) is 6.13. The molecule has 0 saturated heterocycles. The summed E-state index contributed by atoms with van der Waals surface area (Å²) in [5.74, 6) is 0. The molecule has 0 saturated carbocycles. The Morgan fingerprint density at radius 3 is 2.68 bits per heavy atom. The van der Waals surface area contributed by atoms with Crippen molar-refractivity contribution in [1.29, 1.82) is 0 Å². The fourth-order valence-corrected chi connectivity index (χ4v) is 1.33. The van der Waals surface area contributed by atoms with Gasteiger partial charge in [-0.25, -0.2) is 4.85 Å². The zero-order valence-corrected chi connectivity index (χ0v) is 9.44. The lowest BCUT2D eigenvalue weighted by Crippen LogP contribution is -2.26. The smallest absolute Gasteiger partial charge is 0.407 e. The summed E-state index contributed by atoms with van der Waals surface area (Å²) in [4.78, 5) is 12.9. The number of aliphatic hydroxyl groups is 1. The molecular weight excluding hydrogens is 265 g/mol. The number of nitrogens with zero attached hydrogens (tertiary/aromatic N) is 1. The van der Waals surface area contributed by atoms with Gasteiger partial charge >= 0.3 is 6.18 Å². The maximum atomic E-state index is 12.7. The molecule has 1 aromatic carbocycles. The number of alkyl halides is 3. The van der Waals surface area contributed by atoms with Crippen LogP contribution in [0.15, 0.2) is 18.2 Å². The normalized spacial score (nSPS) is 12.4. The lowest BCUT2D eigenvalue weighted by molar-refractivity contribution is -0.137. The lowest BCUT2D eigenvalue weighted by Gasteiger charge is -2.17. The molecule has 0 fully saturated rings. The van der Waals surface area contributed by atoms with Crippen LogP contribution in [-0.2, 0) is 15.7 Å². The molecule has 1 aromatic rings. The molecule has 19 heavy (non-hydrogen) atoms. The van der Waals surface area contributed by atoms with Crippen molar-refractivity contribution < 1.29 is 27.8 Å². The van der Waals surface area contributed by atoms with E-state index in [0.29, 0.717) is 6.07 Å². The topological polar surface area (TPSA) is 62.9 Å². The van der Waals surface area contributed by atoms with E-state index in [-0.39, 0.29) is 12.2 Å². The Bertz CT molecular complexity index is 497. The predicted octanol–water partition coefficient (Wildman–Crippen LogP) is 2.16. The molecule has 0 aliphatic heterocycles. The first kappa shape index (κ1) is 14.8. The maximum absolute atomic E-state index is 12.7. The molecule has 2 N–H and O–H groups in total. The number of halogens is 3. The number of hydrogen-bond acceptors (Lipinski definition) is 4. The van der Waals surface area contributed by atoms with Crippen molar-refractivity contribution in [2.75, 3.05) is 11.9 Å². The van der Waals surface area contributed by atoms with Crippen molar-refractivity contribution >= 4 is 17.8 Å². The third-order valence-electron chi connectivity index (χ3n) is 2.14. The first-order valence-electron chi connectivity index (χ1n) is 4.97. The monoisotopic (exact) mass is 274 g/mol. The lowest BCUT2D eigenvalue weighted by atomic mass is 10.1. The minimum Gasteiger partial charge on any atom is -0.441 e. The number of aliphatic hydroxyl groups excluding tert-OH is 1. The average Bonchev–Trinajstić information content (AvgIpc) is 2.37. The third kappa shape index (κ3) is 3.86. The van der Waals surface area contributed by atoms with Gasteiger partial charge in [0.25, 0.3) is 6.47 Å². The number of anilines is 1.